The second-order valence-corrected chi connectivity index (χ2v) is 1.67. The lowest BCUT2D eigenvalue weighted by atomic mass is 10.2. The SMILES string of the molecule is CC[C@@H](O)C=CC(=O)O. The molecule has 3 nitrogen and oxygen atoms in total. The Bertz CT molecular complexity index is 117. The van der Waals surface area contributed by atoms with Gasteiger partial charge >= 0.3 is 5.97 Å². The fraction of sp³-hybridized carbons (Fsp3) is 0.500. The predicted molar refractivity (Wildman–Crippen MR) is 33.1 cm³/mol. The maximum atomic E-state index is 9.82. The van der Waals surface area contributed by atoms with Gasteiger partial charge in [-0.2, -0.15) is 0 Å². The molecule has 0 aromatic rings. The van der Waals surface area contributed by atoms with Gasteiger partial charge in [0.1, 0.15) is 0 Å². The van der Waals surface area contributed by atoms with Crippen molar-refractivity contribution in [2.24, 2.45) is 0 Å². The second-order valence-electron chi connectivity index (χ2n) is 1.67. The van der Waals surface area contributed by atoms with Crippen molar-refractivity contribution < 1.29 is 15.0 Å². The summed E-state index contributed by atoms with van der Waals surface area (Å²) in [5.41, 5.74) is 0. The fourth-order valence-electron chi connectivity index (χ4n) is 0.329. The van der Waals surface area contributed by atoms with Crippen molar-refractivity contribution in [2.75, 3.05) is 0 Å². The average Bonchev–Trinajstić information content (AvgIpc) is 1.83. The van der Waals surface area contributed by atoms with E-state index in [-0.39, 0.29) is 0 Å². The first-order valence-electron chi connectivity index (χ1n) is 2.76. The van der Waals surface area contributed by atoms with Gasteiger partial charge in [0.25, 0.3) is 0 Å². The zero-order valence-electron chi connectivity index (χ0n) is 5.24. The van der Waals surface area contributed by atoms with Crippen molar-refractivity contribution in [3.63, 3.8) is 0 Å². The van der Waals surface area contributed by atoms with E-state index in [1.807, 2.05) is 0 Å². The lowest BCUT2D eigenvalue weighted by Crippen LogP contribution is -2.00. The van der Waals surface area contributed by atoms with Gasteiger partial charge in [-0.05, 0) is 12.5 Å². The summed E-state index contributed by atoms with van der Waals surface area (Å²) in [6.45, 7) is 1.77. The van der Waals surface area contributed by atoms with Gasteiger partial charge in [-0.3, -0.25) is 0 Å². The Morgan fingerprint density at radius 1 is 1.78 bits per heavy atom. The normalized spacial score (nSPS) is 14.0. The first-order valence-corrected chi connectivity index (χ1v) is 2.76. The van der Waals surface area contributed by atoms with Crippen molar-refractivity contribution in [2.45, 2.75) is 19.4 Å². The number of carbonyl (C=O) groups is 1. The Labute approximate surface area is 53.6 Å². The number of aliphatic hydroxyl groups is 1. The average molecular weight is 130 g/mol. The molecule has 0 saturated heterocycles. The fourth-order valence-corrected chi connectivity index (χ4v) is 0.329. The summed E-state index contributed by atoms with van der Waals surface area (Å²) < 4.78 is 0. The van der Waals surface area contributed by atoms with Crippen LogP contribution in [0.5, 0.6) is 0 Å². The van der Waals surface area contributed by atoms with E-state index in [1.54, 1.807) is 6.92 Å². The van der Waals surface area contributed by atoms with Gasteiger partial charge in [0.2, 0.25) is 0 Å². The molecule has 0 radical (unpaired) electrons. The van der Waals surface area contributed by atoms with Crippen LogP contribution in [-0.4, -0.2) is 22.3 Å². The standard InChI is InChI=1S/C6H10O3/c1-2-5(7)3-4-6(8)9/h3-5,7H,2H2,1H3,(H,8,9)/t5-/m1/s1. The Balaban J connectivity index is 3.56. The van der Waals surface area contributed by atoms with Gasteiger partial charge in [0.05, 0.1) is 6.10 Å². The molecular weight excluding hydrogens is 120 g/mol. The van der Waals surface area contributed by atoms with Crippen LogP contribution in [0.1, 0.15) is 13.3 Å². The van der Waals surface area contributed by atoms with E-state index in [2.05, 4.69) is 0 Å². The van der Waals surface area contributed by atoms with Crippen LogP contribution < -0.4 is 0 Å². The van der Waals surface area contributed by atoms with Gasteiger partial charge < -0.3 is 10.2 Å². The van der Waals surface area contributed by atoms with E-state index in [9.17, 15) is 4.79 Å². The van der Waals surface area contributed by atoms with Crippen LogP contribution in [0.3, 0.4) is 0 Å². The summed E-state index contributed by atoms with van der Waals surface area (Å²) in [6.07, 6.45) is 2.11. The number of carboxylic acid groups (broad SMARTS) is 1. The lowest BCUT2D eigenvalue weighted by molar-refractivity contribution is -0.131. The van der Waals surface area contributed by atoms with Crippen LogP contribution in [0.25, 0.3) is 0 Å². The Morgan fingerprint density at radius 3 is 2.67 bits per heavy atom. The monoisotopic (exact) mass is 130 g/mol. The van der Waals surface area contributed by atoms with Crippen molar-refractivity contribution in [3.8, 4) is 0 Å². The van der Waals surface area contributed by atoms with Gasteiger partial charge in [-0.15, -0.1) is 0 Å². The number of hydrogen-bond donors (Lipinski definition) is 2. The van der Waals surface area contributed by atoms with Gasteiger partial charge in [0.15, 0.2) is 0 Å². The smallest absolute Gasteiger partial charge is 0.328 e. The molecular formula is C6H10O3. The van der Waals surface area contributed by atoms with E-state index in [4.69, 9.17) is 10.2 Å². The molecule has 2 N–H and O–H groups in total. The van der Waals surface area contributed by atoms with E-state index >= 15 is 0 Å². The highest BCUT2D eigenvalue weighted by Crippen LogP contribution is 1.90. The third-order valence-electron chi connectivity index (χ3n) is 0.879. The molecule has 0 aromatic heterocycles. The summed E-state index contributed by atoms with van der Waals surface area (Å²) in [5, 5.41) is 16.8. The third kappa shape index (κ3) is 5.03. The van der Waals surface area contributed by atoms with Gasteiger partial charge in [-0.25, -0.2) is 4.79 Å². The maximum absolute atomic E-state index is 9.82. The first kappa shape index (κ1) is 8.17. The molecule has 0 aliphatic rings. The molecule has 0 aliphatic carbocycles. The Hall–Kier alpha value is -0.830. The number of hydrogen-bond acceptors (Lipinski definition) is 2. The van der Waals surface area contributed by atoms with Crippen LogP contribution >= 0.6 is 0 Å². The largest absolute Gasteiger partial charge is 0.478 e. The lowest BCUT2D eigenvalue weighted by Gasteiger charge is -1.95. The molecule has 9 heavy (non-hydrogen) atoms. The van der Waals surface area contributed by atoms with Crippen molar-refractivity contribution in [1.29, 1.82) is 0 Å². The van der Waals surface area contributed by atoms with Crippen LogP contribution in [-0.2, 0) is 4.79 Å². The second kappa shape index (κ2) is 4.09. The third-order valence-corrected chi connectivity index (χ3v) is 0.879. The number of carboxylic acids is 1. The van der Waals surface area contributed by atoms with Crippen LogP contribution in [0.4, 0.5) is 0 Å². The predicted octanol–water partition coefficient (Wildman–Crippen LogP) is 0.398. The van der Waals surface area contributed by atoms with Gasteiger partial charge in [0, 0.05) is 6.08 Å². The van der Waals surface area contributed by atoms with E-state index in [0.717, 1.165) is 6.08 Å². The first-order chi connectivity index (χ1) is 4.16. The van der Waals surface area contributed by atoms with Crippen molar-refractivity contribution in [1.82, 2.24) is 0 Å². The molecule has 0 bridgehead atoms. The number of aliphatic hydroxyl groups excluding tert-OH is 1. The molecule has 0 spiro atoms. The minimum atomic E-state index is -1.03. The Kier molecular flexibility index (Phi) is 3.71. The van der Waals surface area contributed by atoms with Crippen molar-refractivity contribution in [3.05, 3.63) is 12.2 Å². The number of aliphatic carboxylic acids is 1. The molecule has 0 unspecified atom stereocenters. The molecule has 0 heterocycles. The van der Waals surface area contributed by atoms with Gasteiger partial charge in [-0.1, -0.05) is 6.92 Å². The molecule has 0 amide bonds. The molecule has 0 fully saturated rings. The van der Waals surface area contributed by atoms with Crippen LogP contribution in [0, 0.1) is 0 Å². The topological polar surface area (TPSA) is 57.5 Å². The molecule has 0 aromatic carbocycles. The summed E-state index contributed by atoms with van der Waals surface area (Å²) >= 11 is 0. The summed E-state index contributed by atoms with van der Waals surface area (Å²) in [4.78, 5) is 9.82. The molecule has 52 valence electrons. The molecule has 0 saturated carbocycles. The molecule has 0 aliphatic heterocycles. The zero-order chi connectivity index (χ0) is 7.28. The summed E-state index contributed by atoms with van der Waals surface area (Å²) in [7, 11) is 0. The van der Waals surface area contributed by atoms with E-state index in [1.165, 1.54) is 6.08 Å². The minimum absolute atomic E-state index is 0.545. The van der Waals surface area contributed by atoms with E-state index in [0.29, 0.717) is 6.42 Å². The van der Waals surface area contributed by atoms with Crippen molar-refractivity contribution >= 4 is 5.97 Å². The van der Waals surface area contributed by atoms with Crippen LogP contribution in [0.2, 0.25) is 0 Å². The van der Waals surface area contributed by atoms with Crippen LogP contribution in [0.15, 0.2) is 12.2 Å². The highest BCUT2D eigenvalue weighted by molar-refractivity contribution is 5.79. The Morgan fingerprint density at radius 2 is 2.33 bits per heavy atom. The summed E-state index contributed by atoms with van der Waals surface area (Å²) in [5.74, 6) is -1.03. The maximum Gasteiger partial charge on any atom is 0.328 e. The molecule has 0 rings (SSSR count). The zero-order valence-corrected chi connectivity index (χ0v) is 5.24. The van der Waals surface area contributed by atoms with E-state index < -0.39 is 12.1 Å². The minimum Gasteiger partial charge on any atom is -0.478 e. The highest BCUT2D eigenvalue weighted by Gasteiger charge is 1.93. The molecule has 1 atom stereocenters. The number of rotatable bonds is 3. The summed E-state index contributed by atoms with van der Waals surface area (Å²) in [6, 6.07) is 0. The quantitative estimate of drug-likeness (QED) is 0.543. The molecule has 3 heteroatoms. The highest BCUT2D eigenvalue weighted by atomic mass is 16.4.